The Morgan fingerprint density at radius 3 is 2.65 bits per heavy atom. The van der Waals surface area contributed by atoms with Crippen LogP contribution in [-0.2, 0) is 4.74 Å². The fourth-order valence-electron chi connectivity index (χ4n) is 1.79. The molecule has 2 rings (SSSR count). The second kappa shape index (κ2) is 6.61. The van der Waals surface area contributed by atoms with E-state index in [1.54, 1.807) is 18.2 Å². The van der Waals surface area contributed by atoms with Crippen LogP contribution >= 0.6 is 0 Å². The number of nitrogens with two attached hydrogens (primary N) is 1. The van der Waals surface area contributed by atoms with Crippen LogP contribution in [0.25, 0.3) is 0 Å². The summed E-state index contributed by atoms with van der Waals surface area (Å²) in [5.74, 6) is -0.363. The summed E-state index contributed by atoms with van der Waals surface area (Å²) in [6, 6.07) is 14.8. The van der Waals surface area contributed by atoms with Gasteiger partial charge in [0.15, 0.2) is 0 Å². The predicted octanol–water partition coefficient (Wildman–Crippen LogP) is 3.58. The van der Waals surface area contributed by atoms with Crippen LogP contribution in [0.5, 0.6) is 0 Å². The maximum Gasteiger partial charge on any atom is 0.340 e. The molecule has 0 aromatic heterocycles. The van der Waals surface area contributed by atoms with Gasteiger partial charge in [-0.25, -0.2) is 4.79 Å². The summed E-state index contributed by atoms with van der Waals surface area (Å²) in [5, 5.41) is 3.20. The number of carbonyl (C=O) groups is 1. The van der Waals surface area contributed by atoms with Crippen LogP contribution in [0.4, 0.5) is 17.1 Å². The van der Waals surface area contributed by atoms with E-state index in [0.717, 1.165) is 12.1 Å². The van der Waals surface area contributed by atoms with E-state index in [4.69, 9.17) is 10.5 Å². The Bertz CT molecular complexity index is 582. The van der Waals surface area contributed by atoms with Gasteiger partial charge in [0, 0.05) is 11.4 Å². The number of esters is 1. The second-order valence-corrected chi connectivity index (χ2v) is 4.43. The van der Waals surface area contributed by atoms with E-state index >= 15 is 0 Å². The molecule has 0 saturated heterocycles. The number of hydrogen-bond acceptors (Lipinski definition) is 4. The molecule has 0 unspecified atom stereocenters. The number of hydrogen-bond donors (Lipinski definition) is 2. The first-order valence-corrected chi connectivity index (χ1v) is 6.59. The second-order valence-electron chi connectivity index (χ2n) is 4.43. The summed E-state index contributed by atoms with van der Waals surface area (Å²) >= 11 is 0. The zero-order valence-electron chi connectivity index (χ0n) is 11.4. The molecule has 104 valence electrons. The third-order valence-electron chi connectivity index (χ3n) is 2.75. The quantitative estimate of drug-likeness (QED) is 0.644. The lowest BCUT2D eigenvalue weighted by Crippen LogP contribution is -2.09. The van der Waals surface area contributed by atoms with Crippen molar-refractivity contribution < 1.29 is 9.53 Å². The molecule has 0 atom stereocenters. The van der Waals surface area contributed by atoms with Crippen molar-refractivity contribution in [3.8, 4) is 0 Å². The smallest absolute Gasteiger partial charge is 0.340 e. The van der Waals surface area contributed by atoms with Crippen molar-refractivity contribution in [1.82, 2.24) is 0 Å². The van der Waals surface area contributed by atoms with Crippen LogP contribution in [-0.4, -0.2) is 12.6 Å². The van der Waals surface area contributed by atoms with Gasteiger partial charge in [-0.2, -0.15) is 0 Å². The molecule has 0 saturated carbocycles. The molecule has 0 heterocycles. The lowest BCUT2D eigenvalue weighted by Gasteiger charge is -2.12. The van der Waals surface area contributed by atoms with E-state index < -0.39 is 0 Å². The van der Waals surface area contributed by atoms with E-state index in [1.165, 1.54) is 0 Å². The molecule has 0 spiro atoms. The van der Waals surface area contributed by atoms with Gasteiger partial charge >= 0.3 is 5.97 Å². The van der Waals surface area contributed by atoms with E-state index in [1.807, 2.05) is 37.3 Å². The number of nitrogen functional groups attached to an aromatic ring is 1. The average Bonchev–Trinajstić information content (AvgIpc) is 2.47. The van der Waals surface area contributed by atoms with Crippen LogP contribution in [0.3, 0.4) is 0 Å². The fourth-order valence-corrected chi connectivity index (χ4v) is 1.79. The molecule has 0 fully saturated rings. The molecule has 0 aliphatic heterocycles. The molecule has 20 heavy (non-hydrogen) atoms. The number of nitrogens with one attached hydrogen (secondary N) is 1. The van der Waals surface area contributed by atoms with E-state index in [-0.39, 0.29) is 5.97 Å². The Kier molecular flexibility index (Phi) is 4.60. The maximum atomic E-state index is 12.0. The molecule has 0 amide bonds. The molecule has 2 aromatic carbocycles. The van der Waals surface area contributed by atoms with Crippen LogP contribution in [0.2, 0.25) is 0 Å². The van der Waals surface area contributed by atoms with Gasteiger partial charge in [0.1, 0.15) is 0 Å². The molecule has 4 heteroatoms. The molecular weight excluding hydrogens is 252 g/mol. The monoisotopic (exact) mass is 270 g/mol. The lowest BCUT2D eigenvalue weighted by atomic mass is 10.1. The number of anilines is 3. The Hall–Kier alpha value is -2.49. The van der Waals surface area contributed by atoms with Crippen LogP contribution < -0.4 is 11.1 Å². The van der Waals surface area contributed by atoms with Crippen molar-refractivity contribution in [1.29, 1.82) is 0 Å². The van der Waals surface area contributed by atoms with Crippen molar-refractivity contribution >= 4 is 23.0 Å². The average molecular weight is 270 g/mol. The third kappa shape index (κ3) is 3.51. The highest BCUT2D eigenvalue weighted by molar-refractivity contribution is 5.97. The van der Waals surface area contributed by atoms with E-state index in [0.29, 0.717) is 23.5 Å². The molecule has 2 aromatic rings. The van der Waals surface area contributed by atoms with Crippen LogP contribution in [0, 0.1) is 0 Å². The maximum absolute atomic E-state index is 12.0. The molecular formula is C16H18N2O2. The molecule has 4 nitrogen and oxygen atoms in total. The molecule has 0 aliphatic rings. The lowest BCUT2D eigenvalue weighted by molar-refractivity contribution is 0.0506. The first-order chi connectivity index (χ1) is 9.70. The standard InChI is InChI=1S/C16H18N2O2/c1-2-10-20-16(19)14-11-12(17)8-9-15(14)18-13-6-4-3-5-7-13/h3-9,11,18H,2,10,17H2,1H3. The Morgan fingerprint density at radius 1 is 1.20 bits per heavy atom. The summed E-state index contributed by atoms with van der Waals surface area (Å²) in [7, 11) is 0. The highest BCUT2D eigenvalue weighted by Gasteiger charge is 2.13. The van der Waals surface area contributed by atoms with Gasteiger partial charge in [0.2, 0.25) is 0 Å². The zero-order chi connectivity index (χ0) is 14.4. The Balaban J connectivity index is 2.26. The molecule has 0 bridgehead atoms. The topological polar surface area (TPSA) is 64.3 Å². The Labute approximate surface area is 118 Å². The molecule has 3 N–H and O–H groups in total. The van der Waals surface area contributed by atoms with Gasteiger partial charge in [-0.1, -0.05) is 25.1 Å². The van der Waals surface area contributed by atoms with Crippen molar-refractivity contribution in [2.45, 2.75) is 13.3 Å². The summed E-state index contributed by atoms with van der Waals surface area (Å²) < 4.78 is 5.18. The summed E-state index contributed by atoms with van der Waals surface area (Å²) in [4.78, 5) is 12.0. The van der Waals surface area contributed by atoms with Crippen molar-refractivity contribution in [2.75, 3.05) is 17.7 Å². The van der Waals surface area contributed by atoms with Crippen molar-refractivity contribution in [3.05, 3.63) is 54.1 Å². The number of ether oxygens (including phenoxy) is 1. The first kappa shape index (κ1) is 13.9. The van der Waals surface area contributed by atoms with E-state index in [2.05, 4.69) is 5.32 Å². The van der Waals surface area contributed by atoms with Gasteiger partial charge in [-0.05, 0) is 36.8 Å². The normalized spacial score (nSPS) is 10.1. The van der Waals surface area contributed by atoms with Gasteiger partial charge in [-0.3, -0.25) is 0 Å². The largest absolute Gasteiger partial charge is 0.462 e. The van der Waals surface area contributed by atoms with Gasteiger partial charge in [-0.15, -0.1) is 0 Å². The summed E-state index contributed by atoms with van der Waals surface area (Å²) in [6.07, 6.45) is 0.787. The minimum atomic E-state index is -0.363. The van der Waals surface area contributed by atoms with Gasteiger partial charge in [0.25, 0.3) is 0 Å². The van der Waals surface area contributed by atoms with Crippen LogP contribution in [0.1, 0.15) is 23.7 Å². The number of carbonyl (C=O) groups excluding carboxylic acids is 1. The molecule has 0 radical (unpaired) electrons. The third-order valence-corrected chi connectivity index (χ3v) is 2.75. The number of para-hydroxylation sites is 1. The van der Waals surface area contributed by atoms with Gasteiger partial charge in [0.05, 0.1) is 17.9 Å². The van der Waals surface area contributed by atoms with Crippen molar-refractivity contribution in [2.24, 2.45) is 0 Å². The summed E-state index contributed by atoms with van der Waals surface area (Å²) in [5.41, 5.74) is 8.32. The first-order valence-electron chi connectivity index (χ1n) is 6.59. The van der Waals surface area contributed by atoms with E-state index in [9.17, 15) is 4.79 Å². The van der Waals surface area contributed by atoms with Gasteiger partial charge < -0.3 is 15.8 Å². The fraction of sp³-hybridized carbons (Fsp3) is 0.188. The molecule has 0 aliphatic carbocycles. The minimum absolute atomic E-state index is 0.363. The SMILES string of the molecule is CCCOC(=O)c1cc(N)ccc1Nc1ccccc1. The highest BCUT2D eigenvalue weighted by atomic mass is 16.5. The van der Waals surface area contributed by atoms with Crippen LogP contribution in [0.15, 0.2) is 48.5 Å². The predicted molar refractivity (Wildman–Crippen MR) is 81.2 cm³/mol. The summed E-state index contributed by atoms with van der Waals surface area (Å²) in [6.45, 7) is 2.36. The highest BCUT2D eigenvalue weighted by Crippen LogP contribution is 2.24. The Morgan fingerprint density at radius 2 is 1.95 bits per heavy atom. The minimum Gasteiger partial charge on any atom is -0.462 e. The number of rotatable bonds is 5. The number of benzene rings is 2. The van der Waals surface area contributed by atoms with Crippen molar-refractivity contribution in [3.63, 3.8) is 0 Å². The zero-order valence-corrected chi connectivity index (χ0v) is 11.4.